The summed E-state index contributed by atoms with van der Waals surface area (Å²) in [4.78, 5) is 30.8. The maximum Gasteiger partial charge on any atom is 0.262 e. The minimum Gasteiger partial charge on any atom is -0.493 e. The molecule has 1 amide bonds. The number of carbonyl (C=O) groups excluding carboxylic acids is 1. The van der Waals surface area contributed by atoms with Crippen LogP contribution in [-0.4, -0.2) is 35.8 Å². The van der Waals surface area contributed by atoms with Gasteiger partial charge in [-0.05, 0) is 49.2 Å². The van der Waals surface area contributed by atoms with Gasteiger partial charge in [0.1, 0.15) is 0 Å². The number of amides is 1. The van der Waals surface area contributed by atoms with Crippen molar-refractivity contribution in [1.82, 2.24) is 9.97 Å². The van der Waals surface area contributed by atoms with Crippen LogP contribution in [0.2, 0.25) is 0 Å². The highest BCUT2D eigenvalue weighted by Gasteiger charge is 2.09. The maximum absolute atomic E-state index is 12.2. The summed E-state index contributed by atoms with van der Waals surface area (Å²) in [6.45, 7) is 3.84. The number of aryl methyl sites for hydroxylation is 2. The second kappa shape index (κ2) is 11.5. The van der Waals surface area contributed by atoms with Gasteiger partial charge in [-0.15, -0.1) is 0 Å². The lowest BCUT2D eigenvalue weighted by atomic mass is 10.2. The molecule has 172 valence electrons. The van der Waals surface area contributed by atoms with Crippen molar-refractivity contribution in [3.8, 4) is 11.5 Å². The summed E-state index contributed by atoms with van der Waals surface area (Å²) in [5, 5.41) is 6.90. The van der Waals surface area contributed by atoms with Crippen molar-refractivity contribution in [2.75, 3.05) is 24.5 Å². The highest BCUT2D eigenvalue weighted by molar-refractivity contribution is 5.92. The van der Waals surface area contributed by atoms with E-state index in [-0.39, 0.29) is 24.0 Å². The second-order valence-electron chi connectivity index (χ2n) is 7.32. The quantitative estimate of drug-likeness (QED) is 0.322. The van der Waals surface area contributed by atoms with Gasteiger partial charge in [-0.25, -0.2) is 10.4 Å². The van der Waals surface area contributed by atoms with Crippen LogP contribution in [0, 0.1) is 6.92 Å². The van der Waals surface area contributed by atoms with Crippen molar-refractivity contribution >= 4 is 23.8 Å². The van der Waals surface area contributed by atoms with Crippen molar-refractivity contribution in [3.63, 3.8) is 0 Å². The van der Waals surface area contributed by atoms with Crippen molar-refractivity contribution in [1.29, 1.82) is 0 Å². The monoisotopic (exact) mass is 449 g/mol. The fourth-order valence-corrected chi connectivity index (χ4v) is 2.97. The van der Waals surface area contributed by atoms with Crippen molar-refractivity contribution in [2.24, 2.45) is 5.10 Å². The number of nitrogens with zero attached hydrogens (tertiary/aromatic N) is 2. The Morgan fingerprint density at radius 2 is 1.94 bits per heavy atom. The van der Waals surface area contributed by atoms with Crippen molar-refractivity contribution in [3.05, 3.63) is 75.7 Å². The Bertz CT molecular complexity index is 1170. The Morgan fingerprint density at radius 1 is 1.15 bits per heavy atom. The average Bonchev–Trinajstić information content (AvgIpc) is 2.79. The molecule has 0 unspecified atom stereocenters. The number of aromatic amines is 1. The fraction of sp³-hybridized carbons (Fsp3) is 0.250. The molecular formula is C24H27N5O4. The number of rotatable bonds is 10. The van der Waals surface area contributed by atoms with E-state index in [9.17, 15) is 9.59 Å². The number of aromatic nitrogens is 2. The predicted molar refractivity (Wildman–Crippen MR) is 128 cm³/mol. The number of H-pyrrole nitrogens is 1. The fourth-order valence-electron chi connectivity index (χ4n) is 2.97. The van der Waals surface area contributed by atoms with Crippen molar-refractivity contribution in [2.45, 2.75) is 26.7 Å². The number of methoxy groups -OCH3 is 1. The molecule has 0 aliphatic heterocycles. The second-order valence-corrected chi connectivity index (χ2v) is 7.32. The van der Waals surface area contributed by atoms with Crippen LogP contribution in [0.5, 0.6) is 11.5 Å². The zero-order valence-corrected chi connectivity index (χ0v) is 18.8. The van der Waals surface area contributed by atoms with Crippen LogP contribution in [0.3, 0.4) is 0 Å². The Kier molecular flexibility index (Phi) is 8.18. The molecule has 0 aliphatic rings. The zero-order chi connectivity index (χ0) is 23.6. The molecule has 33 heavy (non-hydrogen) atoms. The largest absolute Gasteiger partial charge is 0.493 e. The molecule has 1 aromatic heterocycles. The summed E-state index contributed by atoms with van der Waals surface area (Å²) < 4.78 is 11.0. The van der Waals surface area contributed by atoms with E-state index >= 15 is 0 Å². The van der Waals surface area contributed by atoms with Crippen LogP contribution in [-0.2, 0) is 11.2 Å². The molecule has 0 fully saturated rings. The predicted octanol–water partition coefficient (Wildman–Crippen LogP) is 3.50. The Labute approximate surface area is 191 Å². The summed E-state index contributed by atoms with van der Waals surface area (Å²) in [5.41, 5.74) is 5.74. The molecular weight excluding hydrogens is 422 g/mol. The summed E-state index contributed by atoms with van der Waals surface area (Å²) in [5.74, 6) is 0.884. The van der Waals surface area contributed by atoms with Gasteiger partial charge in [0.2, 0.25) is 5.95 Å². The topological polar surface area (TPSA) is 118 Å². The van der Waals surface area contributed by atoms with Crippen molar-refractivity contribution < 1.29 is 14.3 Å². The van der Waals surface area contributed by atoms with Crippen LogP contribution < -0.4 is 25.8 Å². The summed E-state index contributed by atoms with van der Waals surface area (Å²) in [7, 11) is 1.52. The lowest BCUT2D eigenvalue weighted by molar-refractivity contribution is -0.118. The van der Waals surface area contributed by atoms with Gasteiger partial charge in [-0.2, -0.15) is 5.10 Å². The highest BCUT2D eigenvalue weighted by Crippen LogP contribution is 2.27. The first-order chi connectivity index (χ1) is 16.0. The third kappa shape index (κ3) is 7.20. The standard InChI is InChI=1S/C24H27N5O4/c1-4-5-19-13-22(30)28-24(27-19)29-25-14-17-8-11-20(21(12-17)32-3)33-15-23(31)26-18-9-6-16(2)7-10-18/h6-14H,4-5,15H2,1-3H3,(H,26,31)(H2,27,28,29,30)/b25-14+. The summed E-state index contributed by atoms with van der Waals surface area (Å²) in [6, 6.07) is 14.2. The molecule has 0 spiro atoms. The molecule has 3 rings (SSSR count). The van der Waals surface area contributed by atoms with Crippen LogP contribution in [0.25, 0.3) is 0 Å². The maximum atomic E-state index is 12.2. The molecule has 0 radical (unpaired) electrons. The van der Waals surface area contributed by atoms with E-state index in [2.05, 4.69) is 25.8 Å². The van der Waals surface area contributed by atoms with Gasteiger partial charge in [0.05, 0.1) is 13.3 Å². The molecule has 0 aliphatic carbocycles. The van der Waals surface area contributed by atoms with E-state index in [1.54, 1.807) is 24.4 Å². The summed E-state index contributed by atoms with van der Waals surface area (Å²) >= 11 is 0. The molecule has 2 aromatic carbocycles. The number of hydrogen-bond acceptors (Lipinski definition) is 7. The number of hydrogen-bond donors (Lipinski definition) is 3. The average molecular weight is 450 g/mol. The van der Waals surface area contributed by atoms with E-state index < -0.39 is 0 Å². The number of benzene rings is 2. The number of hydrazone groups is 1. The van der Waals surface area contributed by atoms with Crippen LogP contribution in [0.4, 0.5) is 11.6 Å². The van der Waals surface area contributed by atoms with Crippen LogP contribution >= 0.6 is 0 Å². The number of carbonyl (C=O) groups is 1. The normalized spacial score (nSPS) is 10.8. The third-order valence-corrected chi connectivity index (χ3v) is 4.57. The van der Waals surface area contributed by atoms with Gasteiger partial charge in [0, 0.05) is 17.4 Å². The molecule has 9 heteroatoms. The molecule has 3 N–H and O–H groups in total. The van der Waals surface area contributed by atoms with Gasteiger partial charge >= 0.3 is 0 Å². The first-order valence-corrected chi connectivity index (χ1v) is 10.5. The minimum atomic E-state index is -0.275. The van der Waals surface area contributed by atoms with Crippen LogP contribution in [0.1, 0.15) is 30.2 Å². The van der Waals surface area contributed by atoms with E-state index in [0.29, 0.717) is 29.3 Å². The molecule has 0 atom stereocenters. The van der Waals surface area contributed by atoms with Gasteiger partial charge < -0.3 is 14.8 Å². The van der Waals surface area contributed by atoms with E-state index in [4.69, 9.17) is 9.47 Å². The molecule has 0 saturated carbocycles. The number of ether oxygens (including phenoxy) is 2. The highest BCUT2D eigenvalue weighted by atomic mass is 16.5. The number of nitrogens with one attached hydrogen (secondary N) is 3. The summed E-state index contributed by atoms with van der Waals surface area (Å²) in [6.07, 6.45) is 3.16. The number of anilines is 2. The molecule has 0 bridgehead atoms. The van der Waals surface area contributed by atoms with Gasteiger partial charge in [-0.3, -0.25) is 14.6 Å². The molecule has 9 nitrogen and oxygen atoms in total. The van der Waals surface area contributed by atoms with E-state index in [0.717, 1.165) is 17.5 Å². The van der Waals surface area contributed by atoms with Gasteiger partial charge in [0.25, 0.3) is 11.5 Å². The zero-order valence-electron chi connectivity index (χ0n) is 18.8. The minimum absolute atomic E-state index is 0.160. The first-order valence-electron chi connectivity index (χ1n) is 10.5. The first kappa shape index (κ1) is 23.5. The lowest BCUT2D eigenvalue weighted by Crippen LogP contribution is -2.20. The lowest BCUT2D eigenvalue weighted by Gasteiger charge is -2.11. The smallest absolute Gasteiger partial charge is 0.262 e. The Balaban J connectivity index is 1.59. The Morgan fingerprint density at radius 3 is 2.67 bits per heavy atom. The SMILES string of the molecule is CCCc1cc(=O)[nH]c(N/N=C/c2ccc(OCC(=O)Nc3ccc(C)cc3)c(OC)c2)n1. The molecule has 1 heterocycles. The van der Waals surface area contributed by atoms with Gasteiger partial charge in [0.15, 0.2) is 18.1 Å². The van der Waals surface area contributed by atoms with E-state index in [1.165, 1.54) is 13.2 Å². The van der Waals surface area contributed by atoms with Crippen LogP contribution in [0.15, 0.2) is 58.4 Å². The van der Waals surface area contributed by atoms with E-state index in [1.807, 2.05) is 38.1 Å². The van der Waals surface area contributed by atoms with Gasteiger partial charge in [-0.1, -0.05) is 31.0 Å². The third-order valence-electron chi connectivity index (χ3n) is 4.57. The Hall–Kier alpha value is -4.14. The molecule has 0 saturated heterocycles. The molecule has 3 aromatic rings.